The van der Waals surface area contributed by atoms with Crippen molar-refractivity contribution < 1.29 is 17.9 Å². The lowest BCUT2D eigenvalue weighted by atomic mass is 10.0. The zero-order valence-electron chi connectivity index (χ0n) is 13.2. The molecule has 1 unspecified atom stereocenters. The molecule has 1 saturated heterocycles. The van der Waals surface area contributed by atoms with Crippen molar-refractivity contribution in [2.75, 3.05) is 24.6 Å². The van der Waals surface area contributed by atoms with Crippen LogP contribution in [0.25, 0.3) is 5.78 Å². The van der Waals surface area contributed by atoms with Gasteiger partial charge < -0.3 is 9.64 Å². The summed E-state index contributed by atoms with van der Waals surface area (Å²) < 4.78 is 45.6. The van der Waals surface area contributed by atoms with Gasteiger partial charge in [0, 0.05) is 24.8 Å². The van der Waals surface area contributed by atoms with E-state index in [1.165, 1.54) is 0 Å². The van der Waals surface area contributed by atoms with E-state index in [4.69, 9.17) is 4.74 Å². The van der Waals surface area contributed by atoms with Crippen LogP contribution in [0.2, 0.25) is 0 Å². The summed E-state index contributed by atoms with van der Waals surface area (Å²) in [7, 11) is 0. The number of aryl methyl sites for hydroxylation is 1. The topological polar surface area (TPSA) is 55.6 Å². The molecule has 3 heterocycles. The minimum absolute atomic E-state index is 0.0444. The molecule has 0 saturated carbocycles. The summed E-state index contributed by atoms with van der Waals surface area (Å²) in [6, 6.07) is 1.73. The molecular weight excluding hydrogens is 311 g/mol. The fourth-order valence-electron chi connectivity index (χ4n) is 2.65. The third kappa shape index (κ3) is 2.97. The standard InChI is InChI=1S/C14H18F3N5O/c1-4-13(3)8-21(5-6-23-13)10-7-9(2)18-12-19-11(14(15,16)17)20-22(10)12/h7H,4-6,8H2,1-3H3. The Labute approximate surface area is 131 Å². The lowest BCUT2D eigenvalue weighted by Crippen LogP contribution is -2.50. The van der Waals surface area contributed by atoms with Crippen LogP contribution in [-0.4, -0.2) is 44.9 Å². The molecule has 9 heteroatoms. The normalized spacial score (nSPS) is 22.8. The fourth-order valence-corrected chi connectivity index (χ4v) is 2.65. The predicted octanol–water partition coefficient (Wildman–Crippen LogP) is 2.46. The molecule has 6 nitrogen and oxygen atoms in total. The summed E-state index contributed by atoms with van der Waals surface area (Å²) in [6.45, 7) is 7.40. The molecule has 0 N–H and O–H groups in total. The third-order valence-electron chi connectivity index (χ3n) is 4.08. The van der Waals surface area contributed by atoms with E-state index in [2.05, 4.69) is 15.1 Å². The first-order valence-corrected chi connectivity index (χ1v) is 7.42. The highest BCUT2D eigenvalue weighted by atomic mass is 19.4. The number of nitrogens with zero attached hydrogens (tertiary/aromatic N) is 5. The van der Waals surface area contributed by atoms with Crippen LogP contribution in [0.4, 0.5) is 19.0 Å². The highest BCUT2D eigenvalue weighted by molar-refractivity contribution is 5.48. The highest BCUT2D eigenvalue weighted by Crippen LogP contribution is 2.29. The van der Waals surface area contributed by atoms with Crippen LogP contribution in [0.3, 0.4) is 0 Å². The van der Waals surface area contributed by atoms with Gasteiger partial charge in [-0.1, -0.05) is 6.92 Å². The average Bonchev–Trinajstić information content (AvgIpc) is 2.90. The second-order valence-electron chi connectivity index (χ2n) is 5.97. The van der Waals surface area contributed by atoms with Crippen molar-refractivity contribution in [2.45, 2.75) is 39.0 Å². The van der Waals surface area contributed by atoms with Crippen LogP contribution in [0, 0.1) is 6.92 Å². The highest BCUT2D eigenvalue weighted by Gasteiger charge is 2.37. The van der Waals surface area contributed by atoms with Crippen LogP contribution >= 0.6 is 0 Å². The molecular formula is C14H18F3N5O. The predicted molar refractivity (Wildman–Crippen MR) is 77.4 cm³/mol. The first-order valence-electron chi connectivity index (χ1n) is 7.42. The molecule has 0 aromatic carbocycles. The van der Waals surface area contributed by atoms with Gasteiger partial charge in [-0.3, -0.25) is 0 Å². The van der Waals surface area contributed by atoms with Gasteiger partial charge in [0.15, 0.2) is 0 Å². The number of anilines is 1. The Morgan fingerprint density at radius 3 is 2.74 bits per heavy atom. The Kier molecular flexibility index (Phi) is 3.70. The molecule has 0 aliphatic carbocycles. The molecule has 23 heavy (non-hydrogen) atoms. The molecule has 1 atom stereocenters. The number of hydrogen-bond acceptors (Lipinski definition) is 5. The van der Waals surface area contributed by atoms with Crippen molar-refractivity contribution in [1.29, 1.82) is 0 Å². The lowest BCUT2D eigenvalue weighted by molar-refractivity contribution is -0.144. The monoisotopic (exact) mass is 329 g/mol. The van der Waals surface area contributed by atoms with E-state index in [1.54, 1.807) is 13.0 Å². The Hall–Kier alpha value is -1.90. The molecule has 126 valence electrons. The van der Waals surface area contributed by atoms with Crippen molar-refractivity contribution >= 4 is 11.6 Å². The number of ether oxygens (including phenoxy) is 1. The molecule has 2 aromatic heterocycles. The van der Waals surface area contributed by atoms with E-state index in [1.807, 2.05) is 18.7 Å². The number of rotatable bonds is 2. The molecule has 0 radical (unpaired) electrons. The maximum absolute atomic E-state index is 12.9. The maximum atomic E-state index is 12.9. The van der Waals surface area contributed by atoms with Gasteiger partial charge in [0.1, 0.15) is 5.82 Å². The van der Waals surface area contributed by atoms with Gasteiger partial charge >= 0.3 is 6.18 Å². The number of fused-ring (bicyclic) bond motifs is 1. The molecule has 0 spiro atoms. The number of hydrogen-bond donors (Lipinski definition) is 0. The number of halogens is 3. The Morgan fingerprint density at radius 2 is 2.09 bits per heavy atom. The minimum Gasteiger partial charge on any atom is -0.372 e. The number of aromatic nitrogens is 4. The molecule has 0 bridgehead atoms. The Balaban J connectivity index is 2.08. The molecule has 3 rings (SSSR count). The van der Waals surface area contributed by atoms with Crippen molar-refractivity contribution in [2.24, 2.45) is 0 Å². The number of alkyl halides is 3. The summed E-state index contributed by atoms with van der Waals surface area (Å²) in [4.78, 5) is 9.54. The quantitative estimate of drug-likeness (QED) is 0.847. The van der Waals surface area contributed by atoms with Crippen LogP contribution in [0.1, 0.15) is 31.8 Å². The summed E-state index contributed by atoms with van der Waals surface area (Å²) in [6.07, 6.45) is -3.79. The zero-order valence-corrected chi connectivity index (χ0v) is 13.2. The summed E-state index contributed by atoms with van der Waals surface area (Å²) in [5.41, 5.74) is 0.258. The second kappa shape index (κ2) is 5.33. The lowest BCUT2D eigenvalue weighted by Gasteiger charge is -2.41. The first kappa shape index (κ1) is 16.0. The second-order valence-corrected chi connectivity index (χ2v) is 5.97. The van der Waals surface area contributed by atoms with Gasteiger partial charge in [-0.15, -0.1) is 5.10 Å². The van der Waals surface area contributed by atoms with Gasteiger partial charge in [-0.25, -0.2) is 4.98 Å². The van der Waals surface area contributed by atoms with E-state index < -0.39 is 12.0 Å². The summed E-state index contributed by atoms with van der Waals surface area (Å²) >= 11 is 0. The first-order chi connectivity index (χ1) is 10.7. The van der Waals surface area contributed by atoms with Crippen LogP contribution < -0.4 is 4.90 Å². The van der Waals surface area contributed by atoms with Gasteiger partial charge in [-0.2, -0.15) is 22.7 Å². The SMILES string of the molecule is CCC1(C)CN(c2cc(C)nc3nc(C(F)(F)F)nn23)CCO1. The molecule has 1 aliphatic rings. The molecule has 1 fully saturated rings. The molecule has 2 aromatic rings. The van der Waals surface area contributed by atoms with E-state index in [0.717, 1.165) is 10.9 Å². The Bertz CT molecular complexity index is 729. The van der Waals surface area contributed by atoms with Crippen molar-refractivity contribution in [3.8, 4) is 0 Å². The van der Waals surface area contributed by atoms with Gasteiger partial charge in [-0.05, 0) is 20.3 Å². The van der Waals surface area contributed by atoms with Crippen LogP contribution in [0.5, 0.6) is 0 Å². The van der Waals surface area contributed by atoms with Gasteiger partial charge in [0.05, 0.1) is 12.2 Å². The molecule has 0 amide bonds. The maximum Gasteiger partial charge on any atom is 0.453 e. The largest absolute Gasteiger partial charge is 0.453 e. The van der Waals surface area contributed by atoms with Crippen LogP contribution in [0.15, 0.2) is 6.07 Å². The van der Waals surface area contributed by atoms with Gasteiger partial charge in [0.25, 0.3) is 11.6 Å². The van der Waals surface area contributed by atoms with Gasteiger partial charge in [0.2, 0.25) is 0 Å². The van der Waals surface area contributed by atoms with Crippen molar-refractivity contribution in [1.82, 2.24) is 19.6 Å². The zero-order chi connectivity index (χ0) is 16.8. The summed E-state index contributed by atoms with van der Waals surface area (Å²) in [5.74, 6) is -0.668. The van der Waals surface area contributed by atoms with Crippen LogP contribution in [-0.2, 0) is 10.9 Å². The smallest absolute Gasteiger partial charge is 0.372 e. The van der Waals surface area contributed by atoms with Crippen molar-refractivity contribution in [3.63, 3.8) is 0 Å². The third-order valence-corrected chi connectivity index (χ3v) is 4.08. The fraction of sp³-hybridized carbons (Fsp3) is 0.643. The molecule has 1 aliphatic heterocycles. The average molecular weight is 329 g/mol. The van der Waals surface area contributed by atoms with E-state index in [0.29, 0.717) is 31.2 Å². The van der Waals surface area contributed by atoms with Crippen molar-refractivity contribution in [3.05, 3.63) is 17.6 Å². The van der Waals surface area contributed by atoms with E-state index in [9.17, 15) is 13.2 Å². The van der Waals surface area contributed by atoms with E-state index in [-0.39, 0.29) is 11.4 Å². The number of morpholine rings is 1. The summed E-state index contributed by atoms with van der Waals surface area (Å²) in [5, 5.41) is 3.61. The minimum atomic E-state index is -4.60. The Morgan fingerprint density at radius 1 is 1.35 bits per heavy atom. The van der Waals surface area contributed by atoms with E-state index >= 15 is 0 Å².